The summed E-state index contributed by atoms with van der Waals surface area (Å²) in [5.41, 5.74) is 9.45. The topological polar surface area (TPSA) is 93.3 Å². The summed E-state index contributed by atoms with van der Waals surface area (Å²) in [6, 6.07) is 7.97. The number of aromatic nitrogens is 1. The van der Waals surface area contributed by atoms with E-state index in [-0.39, 0.29) is 11.6 Å². The van der Waals surface area contributed by atoms with Crippen molar-refractivity contribution in [1.29, 1.82) is 0 Å². The third-order valence-electron chi connectivity index (χ3n) is 15.3. The zero-order valence-corrected chi connectivity index (χ0v) is 50.7. The van der Waals surface area contributed by atoms with E-state index in [2.05, 4.69) is 54.4 Å². The SMILES string of the molecule is CCCCCCCCCCCCN(CCCCCCCCCCCC)CCCN(CCCCCCCCCCCC)CCCCCC(=O)OC(C)(C)CC.CCOCC(CC)=Nc1c(N)nc2ccccc2c1C. The number of nitrogen functional groups attached to an aromatic ring is 1. The van der Waals surface area contributed by atoms with Crippen LogP contribution in [0.5, 0.6) is 0 Å². The van der Waals surface area contributed by atoms with Gasteiger partial charge in [0.1, 0.15) is 17.1 Å². The number of benzene rings is 1. The summed E-state index contributed by atoms with van der Waals surface area (Å²) in [4.78, 5) is 27.1. The number of esters is 1. The predicted molar refractivity (Wildman–Crippen MR) is 327 cm³/mol. The molecule has 0 atom stereocenters. The van der Waals surface area contributed by atoms with E-state index in [4.69, 9.17) is 15.2 Å². The monoisotopic (exact) mass is 1030 g/mol. The second-order valence-corrected chi connectivity index (χ2v) is 22.6. The van der Waals surface area contributed by atoms with Crippen LogP contribution in [0.2, 0.25) is 0 Å². The number of aryl methyl sites for hydroxylation is 1. The molecular formula is C66H123N5O3. The van der Waals surface area contributed by atoms with Gasteiger partial charge in [-0.05, 0) is 130 Å². The molecule has 74 heavy (non-hydrogen) atoms. The van der Waals surface area contributed by atoms with Gasteiger partial charge in [-0.3, -0.25) is 9.79 Å². The molecule has 0 fully saturated rings. The molecule has 430 valence electrons. The Morgan fingerprint density at radius 1 is 0.541 bits per heavy atom. The van der Waals surface area contributed by atoms with Crippen molar-refractivity contribution in [2.24, 2.45) is 4.99 Å². The lowest BCUT2D eigenvalue weighted by Crippen LogP contribution is -2.32. The third kappa shape index (κ3) is 38.1. The van der Waals surface area contributed by atoms with Crippen molar-refractivity contribution < 1.29 is 14.3 Å². The van der Waals surface area contributed by atoms with Gasteiger partial charge < -0.3 is 25.0 Å². The summed E-state index contributed by atoms with van der Waals surface area (Å²) in [7, 11) is 0. The fourth-order valence-corrected chi connectivity index (χ4v) is 9.99. The van der Waals surface area contributed by atoms with Crippen molar-refractivity contribution in [1.82, 2.24) is 14.8 Å². The number of hydrogen-bond donors (Lipinski definition) is 1. The lowest BCUT2D eigenvalue weighted by atomic mass is 10.1. The highest BCUT2D eigenvalue weighted by molar-refractivity contribution is 5.94. The Bertz CT molecular complexity index is 1590. The van der Waals surface area contributed by atoms with E-state index in [0.717, 1.165) is 53.5 Å². The summed E-state index contributed by atoms with van der Waals surface area (Å²) >= 11 is 0. The predicted octanol–water partition coefficient (Wildman–Crippen LogP) is 19.7. The van der Waals surface area contributed by atoms with Gasteiger partial charge in [-0.15, -0.1) is 0 Å². The van der Waals surface area contributed by atoms with Crippen LogP contribution in [0.1, 0.15) is 299 Å². The number of aliphatic imine (C=N–C) groups is 1. The van der Waals surface area contributed by atoms with Crippen LogP contribution in [0.15, 0.2) is 29.3 Å². The Hall–Kier alpha value is -2.55. The average molecular weight is 1030 g/mol. The normalized spacial score (nSPS) is 12.1. The molecule has 0 aliphatic carbocycles. The summed E-state index contributed by atoms with van der Waals surface area (Å²) < 4.78 is 11.1. The lowest BCUT2D eigenvalue weighted by Gasteiger charge is -2.26. The van der Waals surface area contributed by atoms with Crippen molar-refractivity contribution in [2.75, 3.05) is 58.2 Å². The van der Waals surface area contributed by atoms with Crippen LogP contribution >= 0.6 is 0 Å². The first-order valence-corrected chi connectivity index (χ1v) is 32.0. The van der Waals surface area contributed by atoms with Crippen LogP contribution in [0.3, 0.4) is 0 Å². The molecule has 8 heteroatoms. The Labute approximate surface area is 459 Å². The summed E-state index contributed by atoms with van der Waals surface area (Å²) in [6.45, 7) is 27.9. The van der Waals surface area contributed by atoms with Gasteiger partial charge in [-0.1, -0.05) is 233 Å². The second kappa shape index (κ2) is 48.8. The highest BCUT2D eigenvalue weighted by Crippen LogP contribution is 2.31. The van der Waals surface area contributed by atoms with E-state index in [1.165, 1.54) is 245 Å². The molecule has 0 saturated carbocycles. The van der Waals surface area contributed by atoms with Crippen LogP contribution in [0, 0.1) is 6.92 Å². The molecule has 1 aromatic heterocycles. The first-order chi connectivity index (χ1) is 36.0. The number of carbonyl (C=O) groups excluding carboxylic acids is 1. The fourth-order valence-electron chi connectivity index (χ4n) is 9.99. The number of ether oxygens (including phenoxy) is 2. The first kappa shape index (κ1) is 69.5. The van der Waals surface area contributed by atoms with E-state index in [1.807, 2.05) is 52.0 Å². The average Bonchev–Trinajstić information content (AvgIpc) is 3.39. The summed E-state index contributed by atoms with van der Waals surface area (Å²) in [5.74, 6) is 0.456. The van der Waals surface area contributed by atoms with Crippen molar-refractivity contribution in [3.05, 3.63) is 29.8 Å². The van der Waals surface area contributed by atoms with Crippen LogP contribution in [-0.4, -0.2) is 84.5 Å². The van der Waals surface area contributed by atoms with Crippen LogP contribution in [0.4, 0.5) is 11.5 Å². The van der Waals surface area contributed by atoms with Crippen molar-refractivity contribution >= 4 is 34.1 Å². The number of rotatable bonds is 50. The molecule has 2 N–H and O–H groups in total. The number of unbranched alkanes of at least 4 members (excludes halogenated alkanes) is 29. The Kier molecular flexibility index (Phi) is 45.8. The molecule has 2 rings (SSSR count). The molecular weight excluding hydrogens is 911 g/mol. The highest BCUT2D eigenvalue weighted by atomic mass is 16.6. The zero-order chi connectivity index (χ0) is 54.2. The molecule has 0 radical (unpaired) electrons. The molecule has 2 aromatic rings. The minimum atomic E-state index is -0.335. The van der Waals surface area contributed by atoms with Gasteiger partial charge in [-0.25, -0.2) is 4.98 Å². The number of para-hydroxylation sites is 1. The molecule has 1 aromatic carbocycles. The quantitative estimate of drug-likeness (QED) is 0.0401. The van der Waals surface area contributed by atoms with Crippen LogP contribution in [-0.2, 0) is 14.3 Å². The Morgan fingerprint density at radius 2 is 0.919 bits per heavy atom. The van der Waals surface area contributed by atoms with Crippen molar-refractivity contribution in [2.45, 2.75) is 305 Å². The minimum absolute atomic E-state index is 0.0195. The summed E-state index contributed by atoms with van der Waals surface area (Å²) in [6.07, 6.45) is 49.3. The molecule has 0 amide bonds. The smallest absolute Gasteiger partial charge is 0.306 e. The number of anilines is 1. The molecule has 0 spiro atoms. The fraction of sp³-hybridized carbons (Fsp3) is 0.833. The van der Waals surface area contributed by atoms with E-state index in [0.29, 0.717) is 25.5 Å². The van der Waals surface area contributed by atoms with Gasteiger partial charge in [0.15, 0.2) is 0 Å². The maximum atomic E-state index is 12.4. The van der Waals surface area contributed by atoms with Gasteiger partial charge in [-0.2, -0.15) is 0 Å². The van der Waals surface area contributed by atoms with Gasteiger partial charge in [0.25, 0.3) is 0 Å². The molecule has 8 nitrogen and oxygen atoms in total. The Morgan fingerprint density at radius 3 is 1.31 bits per heavy atom. The van der Waals surface area contributed by atoms with Gasteiger partial charge >= 0.3 is 5.97 Å². The molecule has 0 saturated heterocycles. The minimum Gasteiger partial charge on any atom is -0.460 e. The number of hydrogen-bond acceptors (Lipinski definition) is 8. The van der Waals surface area contributed by atoms with Crippen molar-refractivity contribution in [3.8, 4) is 0 Å². The molecule has 0 aliphatic rings. The number of fused-ring (bicyclic) bond motifs is 1. The standard InChI is InChI=1S/C50H102N2O2.C16H21N3O/c1-7-11-14-17-20-23-26-29-32-37-43-51(44-38-33-30-27-24-21-18-15-12-8-2)47-41-48-52(45-39-34-31-28-25-22-19-16-13-9-3)46-40-35-36-42-49(53)54-50(5,6)10-4;1-4-12(10-20-5-2)18-15-11(3)13-8-6-7-9-14(13)19-16(15)17/h7-48H2,1-6H3;6-9H,4-5,10H2,1-3H3,(H2,17,19). The number of carbonyl (C=O) groups is 1. The Balaban J connectivity index is 0.00000112. The maximum Gasteiger partial charge on any atom is 0.306 e. The van der Waals surface area contributed by atoms with Gasteiger partial charge in [0, 0.05) is 24.1 Å². The molecule has 0 bridgehead atoms. The number of nitrogens with zero attached hydrogens (tertiary/aromatic N) is 4. The molecule has 1 heterocycles. The highest BCUT2D eigenvalue weighted by Gasteiger charge is 2.20. The number of pyridine rings is 1. The van der Waals surface area contributed by atoms with Crippen LogP contribution in [0.25, 0.3) is 10.9 Å². The van der Waals surface area contributed by atoms with E-state index in [9.17, 15) is 4.79 Å². The third-order valence-corrected chi connectivity index (χ3v) is 15.3. The number of nitrogens with two attached hydrogens (primary N) is 1. The van der Waals surface area contributed by atoms with E-state index >= 15 is 0 Å². The molecule has 0 aliphatic heterocycles. The zero-order valence-electron chi connectivity index (χ0n) is 50.7. The summed E-state index contributed by atoms with van der Waals surface area (Å²) in [5, 5.41) is 1.09. The van der Waals surface area contributed by atoms with Crippen molar-refractivity contribution in [3.63, 3.8) is 0 Å². The maximum absolute atomic E-state index is 12.4. The largest absolute Gasteiger partial charge is 0.460 e. The lowest BCUT2D eigenvalue weighted by molar-refractivity contribution is -0.156. The molecule has 0 unspecified atom stereocenters. The van der Waals surface area contributed by atoms with Gasteiger partial charge in [0.05, 0.1) is 12.1 Å². The van der Waals surface area contributed by atoms with Gasteiger partial charge in [0.2, 0.25) is 0 Å². The van der Waals surface area contributed by atoms with Crippen LogP contribution < -0.4 is 5.73 Å². The first-order valence-electron chi connectivity index (χ1n) is 32.0. The second-order valence-electron chi connectivity index (χ2n) is 22.6. The van der Waals surface area contributed by atoms with E-state index in [1.54, 1.807) is 0 Å². The van der Waals surface area contributed by atoms with E-state index < -0.39 is 0 Å².